The number of rotatable bonds is 7. The van der Waals surface area contributed by atoms with Crippen LogP contribution in [0.3, 0.4) is 0 Å². The molecule has 0 spiro atoms. The number of nitrogens with zero attached hydrogens (tertiary/aromatic N) is 4. The molecule has 1 heterocycles. The van der Waals surface area contributed by atoms with Gasteiger partial charge in [0.1, 0.15) is 5.75 Å². The molecular formula is C18H16N4O3S. The van der Waals surface area contributed by atoms with Crippen molar-refractivity contribution in [3.63, 3.8) is 0 Å². The van der Waals surface area contributed by atoms with Gasteiger partial charge in [-0.25, -0.2) is 0 Å². The Morgan fingerprint density at radius 2 is 1.96 bits per heavy atom. The van der Waals surface area contributed by atoms with Crippen molar-refractivity contribution in [1.82, 2.24) is 14.8 Å². The summed E-state index contributed by atoms with van der Waals surface area (Å²) >= 11 is 1.20. The van der Waals surface area contributed by atoms with Crippen LogP contribution in [0, 0.1) is 10.1 Å². The molecule has 0 saturated carbocycles. The molecule has 3 rings (SSSR count). The number of methoxy groups -OCH3 is 1. The zero-order chi connectivity index (χ0) is 18.5. The number of nitro benzene ring substituents is 1. The van der Waals surface area contributed by atoms with E-state index in [1.165, 1.54) is 17.8 Å². The van der Waals surface area contributed by atoms with Crippen LogP contribution >= 0.6 is 11.8 Å². The van der Waals surface area contributed by atoms with Crippen LogP contribution < -0.4 is 4.74 Å². The van der Waals surface area contributed by atoms with Crippen LogP contribution in [0.15, 0.2) is 71.2 Å². The normalized spacial score (nSPS) is 10.5. The summed E-state index contributed by atoms with van der Waals surface area (Å²) in [6, 6.07) is 14.1. The van der Waals surface area contributed by atoms with E-state index in [0.29, 0.717) is 28.2 Å². The highest BCUT2D eigenvalue weighted by Crippen LogP contribution is 2.36. The lowest BCUT2D eigenvalue weighted by atomic mass is 10.2. The van der Waals surface area contributed by atoms with E-state index in [2.05, 4.69) is 16.8 Å². The Balaban J connectivity index is 2.06. The van der Waals surface area contributed by atoms with E-state index in [1.807, 2.05) is 28.8 Å². The number of benzene rings is 2. The van der Waals surface area contributed by atoms with Crippen molar-refractivity contribution in [2.45, 2.75) is 16.6 Å². The highest BCUT2D eigenvalue weighted by atomic mass is 32.2. The number of allylic oxidation sites excluding steroid dienone is 1. The van der Waals surface area contributed by atoms with Gasteiger partial charge in [-0.2, -0.15) is 0 Å². The molecule has 8 heteroatoms. The second kappa shape index (κ2) is 7.83. The number of nitro groups is 1. The van der Waals surface area contributed by atoms with Crippen LogP contribution in [0.2, 0.25) is 0 Å². The Kier molecular flexibility index (Phi) is 5.33. The number of aromatic nitrogens is 3. The molecule has 0 aliphatic carbocycles. The van der Waals surface area contributed by atoms with Crippen molar-refractivity contribution in [1.29, 1.82) is 0 Å². The van der Waals surface area contributed by atoms with Gasteiger partial charge in [0.15, 0.2) is 11.0 Å². The molecule has 0 amide bonds. The highest BCUT2D eigenvalue weighted by molar-refractivity contribution is 7.99. The van der Waals surface area contributed by atoms with Crippen LogP contribution in [0.1, 0.15) is 0 Å². The third-order valence-corrected chi connectivity index (χ3v) is 4.69. The molecule has 0 unspecified atom stereocenters. The summed E-state index contributed by atoms with van der Waals surface area (Å²) in [6.07, 6.45) is 1.73. The quantitative estimate of drug-likeness (QED) is 0.353. The second-order valence-corrected chi connectivity index (χ2v) is 6.24. The smallest absolute Gasteiger partial charge is 0.283 e. The lowest BCUT2D eigenvalue weighted by Gasteiger charge is -2.10. The maximum atomic E-state index is 11.2. The van der Waals surface area contributed by atoms with Gasteiger partial charge in [-0.05, 0) is 30.0 Å². The molecule has 0 N–H and O–H groups in total. The molecule has 2 aromatic carbocycles. The standard InChI is InChI=1S/C18H16N4O3S/c1-3-12-21-17(13-8-4-6-10-15(13)25-2)19-20-18(21)26-16-11-7-5-9-14(16)22(23)24/h3-11H,1,12H2,2H3. The Labute approximate surface area is 154 Å². The van der Waals surface area contributed by atoms with Crippen molar-refractivity contribution >= 4 is 17.4 Å². The van der Waals surface area contributed by atoms with Crippen LogP contribution in [0.4, 0.5) is 5.69 Å². The monoisotopic (exact) mass is 368 g/mol. The van der Waals surface area contributed by atoms with Crippen molar-refractivity contribution in [2.24, 2.45) is 0 Å². The van der Waals surface area contributed by atoms with E-state index in [9.17, 15) is 10.1 Å². The van der Waals surface area contributed by atoms with Gasteiger partial charge in [0.25, 0.3) is 5.69 Å². The second-order valence-electron chi connectivity index (χ2n) is 5.23. The number of ether oxygens (including phenoxy) is 1. The maximum Gasteiger partial charge on any atom is 0.283 e. The van der Waals surface area contributed by atoms with Gasteiger partial charge in [-0.3, -0.25) is 14.7 Å². The fraction of sp³-hybridized carbons (Fsp3) is 0.111. The largest absolute Gasteiger partial charge is 0.496 e. The summed E-state index contributed by atoms with van der Waals surface area (Å²) in [7, 11) is 1.59. The van der Waals surface area contributed by atoms with Crippen LogP contribution in [0.5, 0.6) is 5.75 Å². The van der Waals surface area contributed by atoms with Crippen LogP contribution in [-0.4, -0.2) is 26.8 Å². The summed E-state index contributed by atoms with van der Waals surface area (Å²) in [4.78, 5) is 11.3. The van der Waals surface area contributed by atoms with E-state index >= 15 is 0 Å². The van der Waals surface area contributed by atoms with E-state index < -0.39 is 4.92 Å². The van der Waals surface area contributed by atoms with Gasteiger partial charge in [-0.15, -0.1) is 16.8 Å². The highest BCUT2D eigenvalue weighted by Gasteiger charge is 2.20. The Bertz CT molecular complexity index is 955. The zero-order valence-electron chi connectivity index (χ0n) is 14.0. The van der Waals surface area contributed by atoms with Crippen molar-refractivity contribution in [3.8, 4) is 17.1 Å². The Morgan fingerprint density at radius 1 is 1.23 bits per heavy atom. The molecule has 1 aromatic heterocycles. The Morgan fingerprint density at radius 3 is 2.69 bits per heavy atom. The van der Waals surface area contributed by atoms with Crippen molar-refractivity contribution in [2.75, 3.05) is 7.11 Å². The summed E-state index contributed by atoms with van der Waals surface area (Å²) in [5.41, 5.74) is 0.822. The molecule has 0 atom stereocenters. The third-order valence-electron chi connectivity index (χ3n) is 3.64. The molecule has 26 heavy (non-hydrogen) atoms. The molecule has 0 bridgehead atoms. The van der Waals surface area contributed by atoms with Crippen LogP contribution in [0.25, 0.3) is 11.4 Å². The molecule has 132 valence electrons. The van der Waals surface area contributed by atoms with Gasteiger partial charge in [0, 0.05) is 12.6 Å². The van der Waals surface area contributed by atoms with Crippen LogP contribution in [-0.2, 0) is 6.54 Å². The lowest BCUT2D eigenvalue weighted by molar-refractivity contribution is -0.387. The van der Waals surface area contributed by atoms with Gasteiger partial charge >= 0.3 is 0 Å². The zero-order valence-corrected chi connectivity index (χ0v) is 14.8. The molecule has 0 aliphatic heterocycles. The predicted octanol–water partition coefficient (Wildman–Crippen LogP) is 4.20. The van der Waals surface area contributed by atoms with Gasteiger partial charge in [0.2, 0.25) is 0 Å². The first-order chi connectivity index (χ1) is 12.7. The molecule has 3 aromatic rings. The lowest BCUT2D eigenvalue weighted by Crippen LogP contribution is -2.02. The van der Waals surface area contributed by atoms with E-state index in [4.69, 9.17) is 4.74 Å². The minimum Gasteiger partial charge on any atom is -0.496 e. The number of hydrogen-bond acceptors (Lipinski definition) is 6. The van der Waals surface area contributed by atoms with E-state index in [-0.39, 0.29) is 5.69 Å². The SMILES string of the molecule is C=CCn1c(Sc2ccccc2[N+](=O)[O-])nnc1-c1ccccc1OC. The first kappa shape index (κ1) is 17.7. The first-order valence-electron chi connectivity index (χ1n) is 7.74. The summed E-state index contributed by atoms with van der Waals surface area (Å²) < 4.78 is 7.26. The van der Waals surface area contributed by atoms with Crippen molar-refractivity contribution < 1.29 is 9.66 Å². The summed E-state index contributed by atoms with van der Waals surface area (Å²) in [6.45, 7) is 4.24. The molecule has 7 nitrogen and oxygen atoms in total. The predicted molar refractivity (Wildman–Crippen MR) is 99.4 cm³/mol. The average Bonchev–Trinajstić information content (AvgIpc) is 3.04. The van der Waals surface area contributed by atoms with Gasteiger partial charge < -0.3 is 4.74 Å². The van der Waals surface area contributed by atoms with Crippen molar-refractivity contribution in [3.05, 3.63) is 71.3 Å². The van der Waals surface area contributed by atoms with Gasteiger partial charge in [-0.1, -0.05) is 30.3 Å². The number of para-hydroxylation sites is 2. The fourth-order valence-electron chi connectivity index (χ4n) is 2.48. The topological polar surface area (TPSA) is 83.1 Å². The minimum absolute atomic E-state index is 0.0319. The molecular weight excluding hydrogens is 352 g/mol. The molecule has 0 fully saturated rings. The molecule has 0 saturated heterocycles. The third kappa shape index (κ3) is 3.45. The van der Waals surface area contributed by atoms with Gasteiger partial charge in [0.05, 0.1) is 22.5 Å². The maximum absolute atomic E-state index is 11.2. The number of hydrogen-bond donors (Lipinski definition) is 0. The minimum atomic E-state index is -0.405. The Hall–Kier alpha value is -3.13. The molecule has 0 radical (unpaired) electrons. The summed E-state index contributed by atoms with van der Waals surface area (Å²) in [5.74, 6) is 1.29. The molecule has 0 aliphatic rings. The average molecular weight is 368 g/mol. The first-order valence-corrected chi connectivity index (χ1v) is 8.56. The fourth-order valence-corrected chi connectivity index (χ4v) is 3.42. The van der Waals surface area contributed by atoms with E-state index in [0.717, 1.165) is 5.56 Å². The van der Waals surface area contributed by atoms with E-state index in [1.54, 1.807) is 31.4 Å². The summed E-state index contributed by atoms with van der Waals surface area (Å²) in [5, 5.41) is 20.3.